The average Bonchev–Trinajstić information content (AvgIpc) is 2.75. The van der Waals surface area contributed by atoms with Crippen LogP contribution in [-0.4, -0.2) is 20.0 Å². The molecule has 0 aliphatic rings. The molecule has 3 rings (SSSR count). The predicted octanol–water partition coefficient (Wildman–Crippen LogP) is 1.68. The Morgan fingerprint density at radius 2 is 1.91 bits per heavy atom. The molecule has 0 atom stereocenters. The Kier molecular flexibility index (Phi) is 3.50. The topological polar surface area (TPSA) is 68.9 Å². The van der Waals surface area contributed by atoms with Crippen LogP contribution < -0.4 is 11.0 Å². The number of nitrogens with zero attached hydrogens (tertiary/aromatic N) is 3. The number of rotatable bonds is 3. The van der Waals surface area contributed by atoms with Crippen molar-refractivity contribution in [1.29, 1.82) is 0 Å². The van der Waals surface area contributed by atoms with Crippen molar-refractivity contribution < 1.29 is 4.79 Å². The average molecular weight is 296 g/mol. The number of fused-ring (bicyclic) bond motifs is 1. The normalized spacial score (nSPS) is 10.8. The van der Waals surface area contributed by atoms with E-state index in [1.807, 2.05) is 37.3 Å². The lowest BCUT2D eigenvalue weighted by molar-refractivity contribution is -0.116. The van der Waals surface area contributed by atoms with E-state index >= 15 is 0 Å². The number of hydrogen-bond acceptors (Lipinski definition) is 3. The molecule has 0 fully saturated rings. The van der Waals surface area contributed by atoms with Crippen molar-refractivity contribution in [3.8, 4) is 0 Å². The van der Waals surface area contributed by atoms with Crippen molar-refractivity contribution in [2.75, 3.05) is 5.32 Å². The molecule has 1 aromatic carbocycles. The van der Waals surface area contributed by atoms with E-state index in [-0.39, 0.29) is 18.1 Å². The molecule has 0 aliphatic heterocycles. The zero-order valence-corrected chi connectivity index (χ0v) is 12.4. The van der Waals surface area contributed by atoms with Gasteiger partial charge in [0.05, 0.1) is 11.0 Å². The zero-order valence-electron chi connectivity index (χ0n) is 12.4. The summed E-state index contributed by atoms with van der Waals surface area (Å²) in [5.41, 5.74) is 2.20. The first-order valence-corrected chi connectivity index (χ1v) is 6.93. The van der Waals surface area contributed by atoms with Gasteiger partial charge in [-0.05, 0) is 30.7 Å². The third kappa shape index (κ3) is 2.39. The quantitative estimate of drug-likeness (QED) is 0.799. The number of nitrogens with one attached hydrogen (secondary N) is 1. The largest absolute Gasteiger partial charge is 0.329 e. The molecule has 0 unspecified atom stereocenters. The van der Waals surface area contributed by atoms with Crippen molar-refractivity contribution >= 4 is 22.8 Å². The summed E-state index contributed by atoms with van der Waals surface area (Å²) >= 11 is 0. The molecule has 112 valence electrons. The summed E-state index contributed by atoms with van der Waals surface area (Å²) in [7, 11) is 1.70. The number of hydrogen-bond donors (Lipinski definition) is 1. The van der Waals surface area contributed by atoms with E-state index < -0.39 is 0 Å². The third-order valence-electron chi connectivity index (χ3n) is 3.62. The molecule has 6 nitrogen and oxygen atoms in total. The maximum absolute atomic E-state index is 12.3. The van der Waals surface area contributed by atoms with E-state index in [0.717, 1.165) is 16.6 Å². The Balaban J connectivity index is 1.91. The molecular formula is C16H16N4O2. The number of carbonyl (C=O) groups excluding carboxylic acids is 1. The number of benzene rings is 1. The predicted molar refractivity (Wildman–Crippen MR) is 84.8 cm³/mol. The van der Waals surface area contributed by atoms with Crippen molar-refractivity contribution in [1.82, 2.24) is 14.1 Å². The highest BCUT2D eigenvalue weighted by Gasteiger charge is 2.13. The van der Waals surface area contributed by atoms with Crippen LogP contribution in [-0.2, 0) is 18.4 Å². The van der Waals surface area contributed by atoms with Gasteiger partial charge in [-0.1, -0.05) is 18.2 Å². The minimum absolute atomic E-state index is 0.0454. The van der Waals surface area contributed by atoms with Crippen LogP contribution in [0.25, 0.3) is 11.0 Å². The number of amides is 1. The number of imidazole rings is 1. The molecule has 0 aliphatic carbocycles. The number of aryl methyl sites for hydroxylation is 2. The number of anilines is 1. The fourth-order valence-corrected chi connectivity index (χ4v) is 2.45. The van der Waals surface area contributed by atoms with Crippen molar-refractivity contribution in [2.24, 2.45) is 7.05 Å². The first kappa shape index (κ1) is 14.1. The highest BCUT2D eigenvalue weighted by Crippen LogP contribution is 2.12. The van der Waals surface area contributed by atoms with Crippen LogP contribution in [0.3, 0.4) is 0 Å². The lowest BCUT2D eigenvalue weighted by Gasteiger charge is -2.07. The number of para-hydroxylation sites is 2. The van der Waals surface area contributed by atoms with Crippen molar-refractivity contribution in [3.05, 3.63) is 58.6 Å². The van der Waals surface area contributed by atoms with Gasteiger partial charge >= 0.3 is 5.69 Å². The van der Waals surface area contributed by atoms with E-state index in [2.05, 4.69) is 10.3 Å². The maximum Gasteiger partial charge on any atom is 0.329 e. The van der Waals surface area contributed by atoms with Crippen LogP contribution in [0.1, 0.15) is 5.56 Å². The van der Waals surface area contributed by atoms with E-state index in [1.54, 1.807) is 19.3 Å². The fourth-order valence-electron chi connectivity index (χ4n) is 2.45. The second-order valence-corrected chi connectivity index (χ2v) is 5.13. The second-order valence-electron chi connectivity index (χ2n) is 5.13. The summed E-state index contributed by atoms with van der Waals surface area (Å²) in [6.45, 7) is 1.82. The van der Waals surface area contributed by atoms with Gasteiger partial charge in [-0.15, -0.1) is 0 Å². The van der Waals surface area contributed by atoms with Gasteiger partial charge in [-0.3, -0.25) is 13.9 Å². The molecule has 2 heterocycles. The first-order valence-electron chi connectivity index (χ1n) is 6.93. The third-order valence-corrected chi connectivity index (χ3v) is 3.62. The number of pyridine rings is 1. The molecule has 3 aromatic rings. The smallest absolute Gasteiger partial charge is 0.309 e. The van der Waals surface area contributed by atoms with Gasteiger partial charge in [0.2, 0.25) is 5.91 Å². The first-order chi connectivity index (χ1) is 10.6. The minimum atomic E-state index is -0.278. The monoisotopic (exact) mass is 296 g/mol. The molecule has 1 amide bonds. The molecular weight excluding hydrogens is 280 g/mol. The summed E-state index contributed by atoms with van der Waals surface area (Å²) in [4.78, 5) is 28.6. The highest BCUT2D eigenvalue weighted by molar-refractivity contribution is 5.91. The van der Waals surface area contributed by atoms with Crippen LogP contribution in [0.5, 0.6) is 0 Å². The zero-order chi connectivity index (χ0) is 15.7. The maximum atomic E-state index is 12.3. The summed E-state index contributed by atoms with van der Waals surface area (Å²) in [6.07, 6.45) is 1.62. The van der Waals surface area contributed by atoms with Gasteiger partial charge in [-0.25, -0.2) is 9.78 Å². The lowest BCUT2D eigenvalue weighted by atomic mass is 10.3. The van der Waals surface area contributed by atoms with Crippen LogP contribution in [0, 0.1) is 6.92 Å². The molecule has 2 aromatic heterocycles. The Morgan fingerprint density at radius 1 is 1.18 bits per heavy atom. The Hall–Kier alpha value is -2.89. The molecule has 0 saturated carbocycles. The van der Waals surface area contributed by atoms with E-state index in [0.29, 0.717) is 5.82 Å². The van der Waals surface area contributed by atoms with Crippen LogP contribution in [0.4, 0.5) is 5.82 Å². The number of carbonyl (C=O) groups is 1. The van der Waals surface area contributed by atoms with Gasteiger partial charge in [0.25, 0.3) is 0 Å². The van der Waals surface area contributed by atoms with Crippen LogP contribution >= 0.6 is 0 Å². The molecule has 0 radical (unpaired) electrons. The molecule has 0 spiro atoms. The van der Waals surface area contributed by atoms with Crippen molar-refractivity contribution in [2.45, 2.75) is 13.5 Å². The van der Waals surface area contributed by atoms with Crippen LogP contribution in [0.2, 0.25) is 0 Å². The van der Waals surface area contributed by atoms with Gasteiger partial charge in [0.15, 0.2) is 0 Å². The Bertz CT molecular complexity index is 908. The van der Waals surface area contributed by atoms with E-state index in [4.69, 9.17) is 0 Å². The summed E-state index contributed by atoms with van der Waals surface area (Å²) < 4.78 is 3.00. The minimum Gasteiger partial charge on any atom is -0.309 e. The standard InChI is InChI=1S/C16H16N4O2/c1-11-6-5-9-17-15(11)18-14(21)10-20-13-8-4-3-7-12(13)19(2)16(20)22/h3-9H,10H2,1-2H3,(H,17,18,21). The van der Waals surface area contributed by atoms with E-state index in [1.165, 1.54) is 9.13 Å². The summed E-state index contributed by atoms with van der Waals surface area (Å²) in [5, 5.41) is 2.74. The van der Waals surface area contributed by atoms with Gasteiger partial charge in [0, 0.05) is 13.2 Å². The van der Waals surface area contributed by atoms with E-state index in [9.17, 15) is 9.59 Å². The fraction of sp³-hybridized carbons (Fsp3) is 0.188. The molecule has 0 bridgehead atoms. The summed E-state index contributed by atoms with van der Waals surface area (Å²) in [5.74, 6) is 0.237. The molecule has 6 heteroatoms. The number of aromatic nitrogens is 3. The second kappa shape index (κ2) is 5.48. The van der Waals surface area contributed by atoms with Gasteiger partial charge in [0.1, 0.15) is 12.4 Å². The SMILES string of the molecule is Cc1cccnc1NC(=O)Cn1c(=O)n(C)c2ccccc21. The summed E-state index contributed by atoms with van der Waals surface area (Å²) in [6, 6.07) is 11.1. The molecule has 0 saturated heterocycles. The lowest BCUT2D eigenvalue weighted by Crippen LogP contribution is -2.28. The van der Waals surface area contributed by atoms with Gasteiger partial charge in [-0.2, -0.15) is 0 Å². The molecule has 1 N–H and O–H groups in total. The molecule has 22 heavy (non-hydrogen) atoms. The van der Waals surface area contributed by atoms with Crippen LogP contribution in [0.15, 0.2) is 47.4 Å². The van der Waals surface area contributed by atoms with Crippen molar-refractivity contribution in [3.63, 3.8) is 0 Å². The Morgan fingerprint density at radius 3 is 2.64 bits per heavy atom. The Labute approximate surface area is 127 Å². The highest BCUT2D eigenvalue weighted by atomic mass is 16.2. The van der Waals surface area contributed by atoms with Gasteiger partial charge < -0.3 is 5.32 Å².